The van der Waals surface area contributed by atoms with Gasteiger partial charge in [-0.25, -0.2) is 4.98 Å². The number of benzene rings is 1. The van der Waals surface area contributed by atoms with Crippen molar-refractivity contribution in [3.63, 3.8) is 0 Å². The first kappa shape index (κ1) is 16.4. The van der Waals surface area contributed by atoms with E-state index in [0.29, 0.717) is 31.7 Å². The van der Waals surface area contributed by atoms with Crippen LogP contribution in [0.15, 0.2) is 41.5 Å². The fraction of sp³-hybridized carbons (Fsp3) is 0.300. The van der Waals surface area contributed by atoms with Crippen molar-refractivity contribution in [2.75, 3.05) is 6.54 Å². The Balaban J connectivity index is 1.73. The predicted octanol–water partition coefficient (Wildman–Crippen LogP) is 2.05. The van der Waals surface area contributed by atoms with Gasteiger partial charge in [-0.2, -0.15) is 0 Å². The lowest BCUT2D eigenvalue weighted by Gasteiger charge is -2.27. The Bertz CT molecular complexity index is 1070. The van der Waals surface area contributed by atoms with Gasteiger partial charge in [0.25, 0.3) is 5.56 Å². The molecule has 4 rings (SSSR count). The van der Waals surface area contributed by atoms with Gasteiger partial charge in [0.05, 0.1) is 30.6 Å². The van der Waals surface area contributed by atoms with Crippen molar-refractivity contribution >= 4 is 16.8 Å². The summed E-state index contributed by atoms with van der Waals surface area (Å²) in [5.41, 5.74) is 4.33. The number of carbonyl (C=O) groups excluding carboxylic acids is 1. The van der Waals surface area contributed by atoms with Crippen molar-refractivity contribution in [1.29, 1.82) is 0 Å². The zero-order chi connectivity index (χ0) is 18.3. The fourth-order valence-electron chi connectivity index (χ4n) is 3.55. The third-order valence-electron chi connectivity index (χ3n) is 4.91. The Kier molecular flexibility index (Phi) is 4.03. The van der Waals surface area contributed by atoms with E-state index in [1.165, 1.54) is 0 Å². The molecule has 1 amide bonds. The third kappa shape index (κ3) is 2.87. The van der Waals surface area contributed by atoms with Crippen LogP contribution in [0, 0.1) is 6.92 Å². The SMILES string of the molecule is CC(=O)N1CCc2c(ncn(Cc3cc(C)nc4ccccc34)c2=O)C1. The number of hydrogen-bond acceptors (Lipinski definition) is 4. The number of aryl methyl sites for hydroxylation is 1. The van der Waals surface area contributed by atoms with Crippen molar-refractivity contribution in [3.8, 4) is 0 Å². The van der Waals surface area contributed by atoms with E-state index in [0.717, 1.165) is 27.7 Å². The molecule has 2 aromatic heterocycles. The van der Waals surface area contributed by atoms with E-state index in [2.05, 4.69) is 9.97 Å². The molecule has 6 nitrogen and oxygen atoms in total. The lowest BCUT2D eigenvalue weighted by molar-refractivity contribution is -0.129. The van der Waals surface area contributed by atoms with E-state index in [1.54, 1.807) is 22.7 Å². The van der Waals surface area contributed by atoms with Gasteiger partial charge in [-0.3, -0.25) is 19.1 Å². The second kappa shape index (κ2) is 6.37. The standard InChI is InChI=1S/C20H20N4O2/c1-13-9-15(16-5-3-4-6-18(16)22-13)10-24-12-21-19-11-23(14(2)25)8-7-17(19)20(24)26/h3-6,9,12H,7-8,10-11H2,1-2H3. The van der Waals surface area contributed by atoms with Crippen LogP contribution in [-0.2, 0) is 24.3 Å². The highest BCUT2D eigenvalue weighted by atomic mass is 16.2. The van der Waals surface area contributed by atoms with Crippen LogP contribution in [0.25, 0.3) is 10.9 Å². The summed E-state index contributed by atoms with van der Waals surface area (Å²) < 4.78 is 1.66. The summed E-state index contributed by atoms with van der Waals surface area (Å²) >= 11 is 0. The van der Waals surface area contributed by atoms with Gasteiger partial charge in [-0.05, 0) is 31.0 Å². The molecule has 0 aliphatic carbocycles. The molecule has 0 saturated carbocycles. The maximum atomic E-state index is 12.9. The summed E-state index contributed by atoms with van der Waals surface area (Å²) in [5.74, 6) is 0.0142. The van der Waals surface area contributed by atoms with E-state index in [1.807, 2.05) is 37.3 Å². The minimum Gasteiger partial charge on any atom is -0.337 e. The molecular formula is C20H20N4O2. The molecule has 0 radical (unpaired) electrons. The molecule has 0 saturated heterocycles. The Hall–Kier alpha value is -3.02. The molecule has 6 heteroatoms. The molecule has 0 fully saturated rings. The Labute approximate surface area is 151 Å². The molecular weight excluding hydrogens is 328 g/mol. The number of rotatable bonds is 2. The average molecular weight is 348 g/mol. The van der Waals surface area contributed by atoms with Crippen molar-refractivity contribution < 1.29 is 4.79 Å². The molecule has 1 aromatic carbocycles. The van der Waals surface area contributed by atoms with Crippen molar-refractivity contribution in [2.45, 2.75) is 33.4 Å². The van der Waals surface area contributed by atoms with E-state index in [4.69, 9.17) is 0 Å². The molecule has 132 valence electrons. The summed E-state index contributed by atoms with van der Waals surface area (Å²) in [6.45, 7) is 4.95. The lowest BCUT2D eigenvalue weighted by Crippen LogP contribution is -2.39. The summed E-state index contributed by atoms with van der Waals surface area (Å²) in [6.07, 6.45) is 2.15. The Morgan fingerprint density at radius 1 is 1.27 bits per heavy atom. The predicted molar refractivity (Wildman–Crippen MR) is 98.9 cm³/mol. The second-order valence-electron chi connectivity index (χ2n) is 6.73. The molecule has 0 spiro atoms. The monoisotopic (exact) mass is 348 g/mol. The minimum absolute atomic E-state index is 0.0142. The molecule has 0 bridgehead atoms. The first-order valence-electron chi connectivity index (χ1n) is 8.71. The van der Waals surface area contributed by atoms with Gasteiger partial charge in [-0.1, -0.05) is 18.2 Å². The van der Waals surface area contributed by atoms with Gasteiger partial charge in [0.1, 0.15) is 0 Å². The number of pyridine rings is 1. The Morgan fingerprint density at radius 2 is 2.08 bits per heavy atom. The van der Waals surface area contributed by atoms with Crippen LogP contribution < -0.4 is 5.56 Å². The average Bonchev–Trinajstić information content (AvgIpc) is 2.63. The fourth-order valence-corrected chi connectivity index (χ4v) is 3.55. The molecule has 0 N–H and O–H groups in total. The molecule has 1 aliphatic heterocycles. The van der Waals surface area contributed by atoms with Crippen molar-refractivity contribution in [2.24, 2.45) is 0 Å². The van der Waals surface area contributed by atoms with E-state index in [-0.39, 0.29) is 11.5 Å². The van der Waals surface area contributed by atoms with E-state index >= 15 is 0 Å². The van der Waals surface area contributed by atoms with E-state index < -0.39 is 0 Å². The van der Waals surface area contributed by atoms with Crippen LogP contribution in [0.2, 0.25) is 0 Å². The highest BCUT2D eigenvalue weighted by molar-refractivity contribution is 5.82. The van der Waals surface area contributed by atoms with Crippen LogP contribution in [0.3, 0.4) is 0 Å². The lowest BCUT2D eigenvalue weighted by atomic mass is 10.1. The summed E-state index contributed by atoms with van der Waals surface area (Å²) in [6, 6.07) is 9.97. The smallest absolute Gasteiger partial charge is 0.257 e. The van der Waals surface area contributed by atoms with Crippen molar-refractivity contribution in [1.82, 2.24) is 19.4 Å². The van der Waals surface area contributed by atoms with Crippen LogP contribution in [0.5, 0.6) is 0 Å². The van der Waals surface area contributed by atoms with Crippen LogP contribution >= 0.6 is 0 Å². The van der Waals surface area contributed by atoms with Crippen LogP contribution in [0.1, 0.15) is 29.4 Å². The molecule has 26 heavy (non-hydrogen) atoms. The van der Waals surface area contributed by atoms with Gasteiger partial charge >= 0.3 is 0 Å². The quantitative estimate of drug-likeness (QED) is 0.711. The number of hydrogen-bond donors (Lipinski definition) is 0. The summed E-state index contributed by atoms with van der Waals surface area (Å²) in [4.78, 5) is 35.2. The number of amides is 1. The highest BCUT2D eigenvalue weighted by Crippen LogP contribution is 2.19. The number of fused-ring (bicyclic) bond motifs is 2. The normalized spacial score (nSPS) is 13.7. The Morgan fingerprint density at radius 3 is 2.88 bits per heavy atom. The number of para-hydroxylation sites is 1. The maximum Gasteiger partial charge on any atom is 0.257 e. The zero-order valence-corrected chi connectivity index (χ0v) is 14.9. The van der Waals surface area contributed by atoms with Gasteiger partial charge in [0.15, 0.2) is 0 Å². The largest absolute Gasteiger partial charge is 0.337 e. The van der Waals surface area contributed by atoms with Gasteiger partial charge in [-0.15, -0.1) is 0 Å². The topological polar surface area (TPSA) is 68.1 Å². The summed E-state index contributed by atoms with van der Waals surface area (Å²) in [7, 11) is 0. The number of aromatic nitrogens is 3. The first-order valence-corrected chi connectivity index (χ1v) is 8.71. The molecule has 3 heterocycles. The molecule has 3 aromatic rings. The van der Waals surface area contributed by atoms with Crippen molar-refractivity contribution in [3.05, 3.63) is 69.5 Å². The third-order valence-corrected chi connectivity index (χ3v) is 4.91. The highest BCUT2D eigenvalue weighted by Gasteiger charge is 2.22. The molecule has 0 unspecified atom stereocenters. The van der Waals surface area contributed by atoms with Gasteiger partial charge in [0, 0.05) is 30.1 Å². The minimum atomic E-state index is -0.0169. The number of carbonyl (C=O) groups is 1. The number of nitrogens with zero attached hydrogens (tertiary/aromatic N) is 4. The van der Waals surface area contributed by atoms with Crippen LogP contribution in [-0.4, -0.2) is 31.9 Å². The molecule has 0 atom stereocenters. The maximum absolute atomic E-state index is 12.9. The first-order chi connectivity index (χ1) is 12.5. The van der Waals surface area contributed by atoms with Gasteiger partial charge < -0.3 is 4.90 Å². The zero-order valence-electron chi connectivity index (χ0n) is 14.9. The van der Waals surface area contributed by atoms with Gasteiger partial charge in [0.2, 0.25) is 5.91 Å². The van der Waals surface area contributed by atoms with E-state index in [9.17, 15) is 9.59 Å². The van der Waals surface area contributed by atoms with Crippen LogP contribution in [0.4, 0.5) is 0 Å². The summed E-state index contributed by atoms with van der Waals surface area (Å²) in [5, 5.41) is 1.05. The second-order valence-corrected chi connectivity index (χ2v) is 6.73. The molecule has 1 aliphatic rings.